The van der Waals surface area contributed by atoms with Gasteiger partial charge in [0.1, 0.15) is 5.01 Å². The zero-order chi connectivity index (χ0) is 18.8. The number of urea groups is 1. The molecule has 2 heterocycles. The van der Waals surface area contributed by atoms with Crippen molar-refractivity contribution in [3.8, 4) is 11.3 Å². The first-order valence-electron chi connectivity index (χ1n) is 9.27. The van der Waals surface area contributed by atoms with E-state index >= 15 is 0 Å². The Morgan fingerprint density at radius 1 is 1.19 bits per heavy atom. The van der Waals surface area contributed by atoms with Crippen LogP contribution in [-0.2, 0) is 0 Å². The van der Waals surface area contributed by atoms with Gasteiger partial charge in [-0.2, -0.15) is 0 Å². The van der Waals surface area contributed by atoms with Crippen molar-refractivity contribution in [2.45, 2.75) is 32.7 Å². The van der Waals surface area contributed by atoms with Crippen molar-refractivity contribution in [3.05, 3.63) is 70.0 Å². The maximum Gasteiger partial charge on any atom is 0.322 e. The van der Waals surface area contributed by atoms with Crippen LogP contribution in [0.25, 0.3) is 11.3 Å². The number of anilines is 1. The largest absolute Gasteiger partial charge is 0.322 e. The van der Waals surface area contributed by atoms with Crippen LogP contribution in [0, 0.1) is 13.8 Å². The van der Waals surface area contributed by atoms with Crippen LogP contribution >= 0.6 is 11.3 Å². The first kappa shape index (κ1) is 17.7. The van der Waals surface area contributed by atoms with Gasteiger partial charge in [0.15, 0.2) is 0 Å². The molecule has 138 valence electrons. The number of likely N-dealkylation sites (tertiary alicyclic amines) is 1. The number of aryl methyl sites for hydroxylation is 2. The van der Waals surface area contributed by atoms with E-state index in [4.69, 9.17) is 4.98 Å². The molecule has 1 atom stereocenters. The van der Waals surface area contributed by atoms with Crippen molar-refractivity contribution in [1.82, 2.24) is 9.88 Å². The van der Waals surface area contributed by atoms with Crippen LogP contribution in [0.4, 0.5) is 10.5 Å². The minimum absolute atomic E-state index is 0.0408. The van der Waals surface area contributed by atoms with E-state index in [2.05, 4.69) is 35.8 Å². The summed E-state index contributed by atoms with van der Waals surface area (Å²) in [6, 6.07) is 16.3. The van der Waals surface area contributed by atoms with Crippen LogP contribution in [0.15, 0.2) is 53.9 Å². The van der Waals surface area contributed by atoms with Gasteiger partial charge in [0.05, 0.1) is 11.7 Å². The summed E-state index contributed by atoms with van der Waals surface area (Å²) in [6.07, 6.45) is 1.97. The first-order chi connectivity index (χ1) is 13.1. The van der Waals surface area contributed by atoms with Crippen LogP contribution in [0.1, 0.15) is 35.0 Å². The number of hydrogen-bond acceptors (Lipinski definition) is 3. The molecule has 5 heteroatoms. The number of hydrogen-bond donors (Lipinski definition) is 1. The highest BCUT2D eigenvalue weighted by atomic mass is 32.1. The molecule has 3 aromatic rings. The minimum atomic E-state index is -0.0408. The van der Waals surface area contributed by atoms with Crippen LogP contribution in [0.3, 0.4) is 0 Å². The average molecular weight is 378 g/mol. The molecular formula is C22H23N3OS. The summed E-state index contributed by atoms with van der Waals surface area (Å²) >= 11 is 1.64. The number of thiazole rings is 1. The van der Waals surface area contributed by atoms with E-state index in [0.29, 0.717) is 0 Å². The SMILES string of the molecule is Cc1ccc(NC(=O)N2CCC[C@H]2c2nc(-c3ccccc3)cs2)c(C)c1. The number of benzene rings is 2. The molecule has 27 heavy (non-hydrogen) atoms. The van der Waals surface area contributed by atoms with Gasteiger partial charge >= 0.3 is 6.03 Å². The molecule has 0 bridgehead atoms. The topological polar surface area (TPSA) is 45.2 Å². The highest BCUT2D eigenvalue weighted by Gasteiger charge is 2.32. The highest BCUT2D eigenvalue weighted by molar-refractivity contribution is 7.10. The number of nitrogens with one attached hydrogen (secondary N) is 1. The third-order valence-electron chi connectivity index (χ3n) is 5.01. The van der Waals surface area contributed by atoms with Gasteiger partial charge in [0.2, 0.25) is 0 Å². The fraction of sp³-hybridized carbons (Fsp3) is 0.273. The standard InChI is InChI=1S/C22H23N3OS/c1-15-10-11-18(16(2)13-15)24-22(26)25-12-6-9-20(25)21-23-19(14-27-21)17-7-4-3-5-8-17/h3-5,7-8,10-11,13-14,20H,6,9,12H2,1-2H3,(H,24,26)/t20-/m0/s1. The molecule has 0 unspecified atom stereocenters. The number of aromatic nitrogens is 1. The summed E-state index contributed by atoms with van der Waals surface area (Å²) in [5.74, 6) is 0. The summed E-state index contributed by atoms with van der Waals surface area (Å²) in [5.41, 5.74) is 5.25. The lowest BCUT2D eigenvalue weighted by molar-refractivity contribution is 0.207. The van der Waals surface area contributed by atoms with Crippen LogP contribution in [0.5, 0.6) is 0 Å². The van der Waals surface area contributed by atoms with Crippen molar-refractivity contribution >= 4 is 23.1 Å². The molecule has 1 N–H and O–H groups in total. The molecule has 1 aliphatic heterocycles. The Labute approximate surface area is 163 Å². The zero-order valence-corrected chi connectivity index (χ0v) is 16.4. The van der Waals surface area contributed by atoms with Gasteiger partial charge in [0.25, 0.3) is 0 Å². The molecule has 4 rings (SSSR count). The Morgan fingerprint density at radius 3 is 2.78 bits per heavy atom. The molecule has 1 saturated heterocycles. The number of nitrogens with zero attached hydrogens (tertiary/aromatic N) is 2. The molecule has 0 radical (unpaired) electrons. The van der Waals surface area contributed by atoms with E-state index in [0.717, 1.165) is 46.9 Å². The molecule has 1 fully saturated rings. The second kappa shape index (κ2) is 7.53. The van der Waals surface area contributed by atoms with Crippen LogP contribution in [0.2, 0.25) is 0 Å². The first-order valence-corrected chi connectivity index (χ1v) is 10.2. The van der Waals surface area contributed by atoms with Crippen LogP contribution < -0.4 is 5.32 Å². The van der Waals surface area contributed by atoms with E-state index in [1.807, 2.05) is 42.2 Å². The van der Waals surface area contributed by atoms with Crippen molar-refractivity contribution in [1.29, 1.82) is 0 Å². The molecule has 2 amide bonds. The minimum Gasteiger partial charge on any atom is -0.315 e. The lowest BCUT2D eigenvalue weighted by Crippen LogP contribution is -2.34. The maximum atomic E-state index is 12.9. The maximum absolute atomic E-state index is 12.9. The molecule has 1 aliphatic rings. The second-order valence-corrected chi connectivity index (χ2v) is 7.93. The monoisotopic (exact) mass is 377 g/mol. The molecule has 0 spiro atoms. The van der Waals surface area contributed by atoms with Gasteiger partial charge in [0, 0.05) is 23.2 Å². The van der Waals surface area contributed by atoms with Crippen molar-refractivity contribution < 1.29 is 4.79 Å². The fourth-order valence-corrected chi connectivity index (χ4v) is 4.56. The molecule has 1 aromatic heterocycles. The van der Waals surface area contributed by atoms with Gasteiger partial charge in [-0.15, -0.1) is 11.3 Å². The Kier molecular flexibility index (Phi) is 4.94. The normalized spacial score (nSPS) is 16.5. The number of carbonyl (C=O) groups excluding carboxylic acids is 1. The smallest absolute Gasteiger partial charge is 0.315 e. The Hall–Kier alpha value is -2.66. The average Bonchev–Trinajstić information content (AvgIpc) is 3.33. The summed E-state index contributed by atoms with van der Waals surface area (Å²) in [7, 11) is 0. The molecule has 0 aliphatic carbocycles. The van der Waals surface area contributed by atoms with E-state index in [1.165, 1.54) is 5.56 Å². The highest BCUT2D eigenvalue weighted by Crippen LogP contribution is 2.36. The number of carbonyl (C=O) groups is 1. The van der Waals surface area contributed by atoms with E-state index < -0.39 is 0 Å². The molecule has 2 aromatic carbocycles. The van der Waals surface area contributed by atoms with Crippen molar-refractivity contribution in [2.24, 2.45) is 0 Å². The third kappa shape index (κ3) is 3.74. The van der Waals surface area contributed by atoms with Gasteiger partial charge in [-0.25, -0.2) is 9.78 Å². The van der Waals surface area contributed by atoms with Crippen LogP contribution in [-0.4, -0.2) is 22.5 Å². The third-order valence-corrected chi connectivity index (χ3v) is 5.96. The molecular weight excluding hydrogens is 354 g/mol. The van der Waals surface area contributed by atoms with Gasteiger partial charge in [-0.3, -0.25) is 0 Å². The molecule has 4 nitrogen and oxygen atoms in total. The Balaban J connectivity index is 1.52. The van der Waals surface area contributed by atoms with Gasteiger partial charge in [-0.05, 0) is 38.3 Å². The quantitative estimate of drug-likeness (QED) is 0.627. The lowest BCUT2D eigenvalue weighted by atomic mass is 10.1. The van der Waals surface area contributed by atoms with E-state index in [9.17, 15) is 4.79 Å². The summed E-state index contributed by atoms with van der Waals surface area (Å²) in [6.45, 7) is 4.85. The molecule has 0 saturated carbocycles. The fourth-order valence-electron chi connectivity index (χ4n) is 3.59. The van der Waals surface area contributed by atoms with Gasteiger partial charge < -0.3 is 10.2 Å². The predicted molar refractivity (Wildman–Crippen MR) is 111 cm³/mol. The van der Waals surface area contributed by atoms with Crippen molar-refractivity contribution in [3.63, 3.8) is 0 Å². The second-order valence-electron chi connectivity index (χ2n) is 7.04. The summed E-state index contributed by atoms with van der Waals surface area (Å²) in [5, 5.41) is 6.18. The Bertz CT molecular complexity index is 951. The van der Waals surface area contributed by atoms with Gasteiger partial charge in [-0.1, -0.05) is 48.0 Å². The predicted octanol–water partition coefficient (Wildman–Crippen LogP) is 5.80. The number of rotatable bonds is 3. The lowest BCUT2D eigenvalue weighted by Gasteiger charge is -2.24. The van der Waals surface area contributed by atoms with Crippen molar-refractivity contribution in [2.75, 3.05) is 11.9 Å². The Morgan fingerprint density at radius 2 is 2.00 bits per heavy atom. The zero-order valence-electron chi connectivity index (χ0n) is 15.6. The summed E-state index contributed by atoms with van der Waals surface area (Å²) < 4.78 is 0. The van der Waals surface area contributed by atoms with E-state index in [1.54, 1.807) is 11.3 Å². The summed E-state index contributed by atoms with van der Waals surface area (Å²) in [4.78, 5) is 19.7. The number of amides is 2. The van der Waals surface area contributed by atoms with E-state index in [-0.39, 0.29) is 12.1 Å².